The number of methoxy groups -OCH3 is 1. The lowest BCUT2D eigenvalue weighted by molar-refractivity contribution is 0.201. The second-order valence-corrected chi connectivity index (χ2v) is 6.57. The molecule has 134 valence electrons. The maximum Gasteiger partial charge on any atom is 0.204 e. The molecule has 0 spiro atoms. The van der Waals surface area contributed by atoms with Crippen molar-refractivity contribution in [1.82, 2.24) is 20.2 Å². The smallest absolute Gasteiger partial charge is 0.204 e. The molecule has 0 unspecified atom stereocenters. The van der Waals surface area contributed by atoms with E-state index in [0.29, 0.717) is 5.82 Å². The van der Waals surface area contributed by atoms with Crippen LogP contribution in [0.2, 0.25) is 0 Å². The fourth-order valence-corrected chi connectivity index (χ4v) is 3.37. The summed E-state index contributed by atoms with van der Waals surface area (Å²) in [7, 11) is 3.44. The Morgan fingerprint density at radius 1 is 0.962 bits per heavy atom. The summed E-state index contributed by atoms with van der Waals surface area (Å²) in [5.74, 6) is 2.19. The minimum Gasteiger partial charge on any atom is -0.493 e. The van der Waals surface area contributed by atoms with Gasteiger partial charge in [-0.2, -0.15) is 4.80 Å². The van der Waals surface area contributed by atoms with Crippen molar-refractivity contribution in [3.63, 3.8) is 0 Å². The molecule has 0 aliphatic heterocycles. The minimum absolute atomic E-state index is 0.286. The lowest BCUT2D eigenvalue weighted by atomic mass is 10.0. The van der Waals surface area contributed by atoms with Crippen molar-refractivity contribution in [2.24, 2.45) is 7.05 Å². The first kappa shape index (κ1) is 16.6. The van der Waals surface area contributed by atoms with E-state index in [1.54, 1.807) is 14.2 Å². The maximum atomic E-state index is 6.21. The van der Waals surface area contributed by atoms with E-state index in [1.807, 2.05) is 24.3 Å². The first-order valence-electron chi connectivity index (χ1n) is 8.92. The highest BCUT2D eigenvalue weighted by atomic mass is 16.5. The Hall–Kier alpha value is -2.89. The highest BCUT2D eigenvalue weighted by Crippen LogP contribution is 2.36. The van der Waals surface area contributed by atoms with Gasteiger partial charge in [0.05, 0.1) is 20.3 Å². The predicted molar refractivity (Wildman–Crippen MR) is 99.1 cm³/mol. The van der Waals surface area contributed by atoms with Crippen molar-refractivity contribution in [3.05, 3.63) is 42.5 Å². The summed E-state index contributed by atoms with van der Waals surface area (Å²) in [4.78, 5) is 1.46. The van der Waals surface area contributed by atoms with Gasteiger partial charge in [0.25, 0.3) is 0 Å². The summed E-state index contributed by atoms with van der Waals surface area (Å²) in [5, 5.41) is 12.3. The zero-order chi connectivity index (χ0) is 17.9. The number of ether oxygens (including phenoxy) is 2. The number of hydrogen-bond donors (Lipinski definition) is 0. The lowest BCUT2D eigenvalue weighted by Crippen LogP contribution is -2.11. The molecule has 1 saturated carbocycles. The van der Waals surface area contributed by atoms with Gasteiger partial charge in [0, 0.05) is 5.56 Å². The molecule has 0 radical (unpaired) electrons. The number of tetrazole rings is 1. The largest absolute Gasteiger partial charge is 0.493 e. The quantitative estimate of drug-likeness (QED) is 0.699. The molecule has 4 rings (SSSR count). The van der Waals surface area contributed by atoms with E-state index in [9.17, 15) is 0 Å². The number of aryl methyl sites for hydroxylation is 1. The van der Waals surface area contributed by atoms with Gasteiger partial charge >= 0.3 is 0 Å². The standard InChI is InChI=1S/C20H22N4O2/c1-24-22-20(21-23-24)16-7-5-6-14(12-16)15-10-11-18(25-2)19(13-15)26-17-8-3-4-9-17/h5-7,10-13,17H,3-4,8-9H2,1-2H3. The van der Waals surface area contributed by atoms with Gasteiger partial charge in [0.15, 0.2) is 11.5 Å². The minimum atomic E-state index is 0.286. The molecule has 1 aliphatic carbocycles. The molecule has 1 heterocycles. The molecule has 26 heavy (non-hydrogen) atoms. The molecule has 3 aromatic rings. The monoisotopic (exact) mass is 350 g/mol. The Bertz CT molecular complexity index is 900. The van der Waals surface area contributed by atoms with Gasteiger partial charge in [0.2, 0.25) is 5.82 Å². The number of benzene rings is 2. The molecule has 0 saturated heterocycles. The SMILES string of the molecule is COc1ccc(-c2cccc(-c3nnn(C)n3)c2)cc1OC1CCCC1. The van der Waals surface area contributed by atoms with E-state index in [2.05, 4.69) is 33.6 Å². The van der Waals surface area contributed by atoms with E-state index in [1.165, 1.54) is 17.6 Å². The van der Waals surface area contributed by atoms with Crippen LogP contribution in [0.15, 0.2) is 42.5 Å². The Morgan fingerprint density at radius 3 is 2.46 bits per heavy atom. The summed E-state index contributed by atoms with van der Waals surface area (Å²) >= 11 is 0. The van der Waals surface area contributed by atoms with Gasteiger partial charge in [-0.15, -0.1) is 10.2 Å². The molecule has 6 heteroatoms. The number of rotatable bonds is 5. The summed E-state index contributed by atoms with van der Waals surface area (Å²) < 4.78 is 11.7. The molecule has 0 atom stereocenters. The van der Waals surface area contributed by atoms with Crippen molar-refractivity contribution in [2.45, 2.75) is 31.8 Å². The number of aromatic nitrogens is 4. The van der Waals surface area contributed by atoms with Crippen LogP contribution in [0.3, 0.4) is 0 Å². The highest BCUT2D eigenvalue weighted by molar-refractivity contribution is 5.72. The van der Waals surface area contributed by atoms with E-state index in [-0.39, 0.29) is 6.10 Å². The molecule has 0 amide bonds. The lowest BCUT2D eigenvalue weighted by Gasteiger charge is -2.17. The molecule has 0 N–H and O–H groups in total. The van der Waals surface area contributed by atoms with Gasteiger partial charge in [-0.3, -0.25) is 0 Å². The molecule has 6 nitrogen and oxygen atoms in total. The maximum absolute atomic E-state index is 6.21. The normalized spacial score (nSPS) is 14.5. The zero-order valence-electron chi connectivity index (χ0n) is 15.1. The Morgan fingerprint density at radius 2 is 1.73 bits per heavy atom. The van der Waals surface area contributed by atoms with Crippen LogP contribution in [0.1, 0.15) is 25.7 Å². The van der Waals surface area contributed by atoms with Crippen molar-refractivity contribution in [2.75, 3.05) is 7.11 Å². The first-order chi connectivity index (χ1) is 12.7. The van der Waals surface area contributed by atoms with Crippen molar-refractivity contribution < 1.29 is 9.47 Å². The third-order valence-electron chi connectivity index (χ3n) is 4.72. The van der Waals surface area contributed by atoms with Crippen molar-refractivity contribution in [3.8, 4) is 34.0 Å². The van der Waals surface area contributed by atoms with Gasteiger partial charge in [-0.05, 0) is 60.2 Å². The second kappa shape index (κ2) is 7.15. The third kappa shape index (κ3) is 3.40. The average Bonchev–Trinajstić information content (AvgIpc) is 3.33. The molecule has 1 aliphatic rings. The van der Waals surface area contributed by atoms with Crippen LogP contribution in [0.5, 0.6) is 11.5 Å². The van der Waals surface area contributed by atoms with E-state index >= 15 is 0 Å². The number of hydrogen-bond acceptors (Lipinski definition) is 5. The third-order valence-corrected chi connectivity index (χ3v) is 4.72. The van der Waals surface area contributed by atoms with Crippen LogP contribution in [-0.2, 0) is 7.05 Å². The van der Waals surface area contributed by atoms with Crippen LogP contribution in [0.25, 0.3) is 22.5 Å². The molecule has 0 bridgehead atoms. The fourth-order valence-electron chi connectivity index (χ4n) is 3.37. The van der Waals surface area contributed by atoms with E-state index < -0.39 is 0 Å². The molecular formula is C20H22N4O2. The molecule has 2 aromatic carbocycles. The summed E-state index contributed by atoms with van der Waals surface area (Å²) in [6, 6.07) is 14.2. The topological polar surface area (TPSA) is 62.1 Å². The summed E-state index contributed by atoms with van der Waals surface area (Å²) in [6.45, 7) is 0. The van der Waals surface area contributed by atoms with Crippen LogP contribution >= 0.6 is 0 Å². The fraction of sp³-hybridized carbons (Fsp3) is 0.350. The van der Waals surface area contributed by atoms with Crippen LogP contribution in [0, 0.1) is 0 Å². The Kier molecular flexibility index (Phi) is 4.56. The van der Waals surface area contributed by atoms with Gasteiger partial charge in [-0.1, -0.05) is 24.3 Å². The van der Waals surface area contributed by atoms with Crippen molar-refractivity contribution >= 4 is 0 Å². The summed E-state index contributed by atoms with van der Waals surface area (Å²) in [6.07, 6.45) is 4.98. The van der Waals surface area contributed by atoms with E-state index in [4.69, 9.17) is 9.47 Å². The van der Waals surface area contributed by atoms with E-state index in [0.717, 1.165) is 41.0 Å². The molecule has 1 fully saturated rings. The Labute approximate surface area is 152 Å². The summed E-state index contributed by atoms with van der Waals surface area (Å²) in [5.41, 5.74) is 3.09. The Balaban J connectivity index is 1.66. The average molecular weight is 350 g/mol. The predicted octanol–water partition coefficient (Wildman–Crippen LogP) is 3.87. The van der Waals surface area contributed by atoms with Crippen LogP contribution in [0.4, 0.5) is 0 Å². The zero-order valence-corrected chi connectivity index (χ0v) is 15.1. The molecular weight excluding hydrogens is 328 g/mol. The first-order valence-corrected chi connectivity index (χ1v) is 8.92. The van der Waals surface area contributed by atoms with Crippen LogP contribution < -0.4 is 9.47 Å². The molecule has 1 aromatic heterocycles. The van der Waals surface area contributed by atoms with Gasteiger partial charge in [0.1, 0.15) is 0 Å². The highest BCUT2D eigenvalue weighted by Gasteiger charge is 2.19. The van der Waals surface area contributed by atoms with Gasteiger partial charge < -0.3 is 9.47 Å². The second-order valence-electron chi connectivity index (χ2n) is 6.57. The number of nitrogens with zero attached hydrogens (tertiary/aromatic N) is 4. The van der Waals surface area contributed by atoms with Crippen LogP contribution in [-0.4, -0.2) is 33.4 Å². The van der Waals surface area contributed by atoms with Crippen molar-refractivity contribution in [1.29, 1.82) is 0 Å². The van der Waals surface area contributed by atoms with Gasteiger partial charge in [-0.25, -0.2) is 0 Å².